The van der Waals surface area contributed by atoms with E-state index in [9.17, 15) is 8.42 Å². The summed E-state index contributed by atoms with van der Waals surface area (Å²) >= 11 is 5.90. The molecule has 1 aromatic carbocycles. The van der Waals surface area contributed by atoms with E-state index in [1.54, 1.807) is 24.2 Å². The van der Waals surface area contributed by atoms with Crippen molar-refractivity contribution in [3.8, 4) is 0 Å². The van der Waals surface area contributed by atoms with Gasteiger partial charge in [0.25, 0.3) is 0 Å². The number of nitrogens with one attached hydrogen (secondary N) is 1. The van der Waals surface area contributed by atoms with Gasteiger partial charge in [-0.3, -0.25) is 4.84 Å². The molecule has 1 saturated heterocycles. The van der Waals surface area contributed by atoms with Gasteiger partial charge in [0.1, 0.15) is 5.25 Å². The Bertz CT molecular complexity index is 601. The lowest BCUT2D eigenvalue weighted by atomic mass is 10.0. The van der Waals surface area contributed by atoms with Crippen molar-refractivity contribution < 1.29 is 13.3 Å². The minimum absolute atomic E-state index is 0.170. The van der Waals surface area contributed by atoms with Crippen molar-refractivity contribution in [1.29, 1.82) is 0 Å². The number of sulfonamides is 1. The molecular weight excluding hydrogens is 312 g/mol. The van der Waals surface area contributed by atoms with Crippen molar-refractivity contribution in [3.05, 3.63) is 34.9 Å². The average molecular weight is 331 g/mol. The van der Waals surface area contributed by atoms with E-state index in [4.69, 9.17) is 16.4 Å². The van der Waals surface area contributed by atoms with E-state index < -0.39 is 15.3 Å². The zero-order chi connectivity index (χ0) is 15.0. The van der Waals surface area contributed by atoms with Crippen LogP contribution in [0.4, 0.5) is 0 Å². The normalized spacial score (nSPS) is 27.1. The van der Waals surface area contributed by atoms with Gasteiger partial charge in [0, 0.05) is 18.6 Å². The van der Waals surface area contributed by atoms with E-state index in [0.29, 0.717) is 17.5 Å². The third kappa shape index (κ3) is 3.40. The second-order valence-corrected chi connectivity index (χ2v) is 8.13. The molecule has 0 bridgehead atoms. The Morgan fingerprint density at radius 3 is 2.62 bits per heavy atom. The molecule has 1 saturated carbocycles. The first kappa shape index (κ1) is 15.2. The third-order valence-corrected chi connectivity index (χ3v) is 6.08. The number of hydroxylamine groups is 2. The molecule has 1 aliphatic carbocycles. The maximum Gasteiger partial charge on any atom is 0.218 e. The van der Waals surface area contributed by atoms with Crippen molar-refractivity contribution in [1.82, 2.24) is 9.79 Å². The van der Waals surface area contributed by atoms with Gasteiger partial charge in [-0.25, -0.2) is 13.1 Å². The molecule has 2 atom stereocenters. The van der Waals surface area contributed by atoms with Gasteiger partial charge < -0.3 is 0 Å². The summed E-state index contributed by atoms with van der Waals surface area (Å²) in [6, 6.07) is 6.91. The molecule has 2 fully saturated rings. The summed E-state index contributed by atoms with van der Waals surface area (Å²) in [5.74, 6) is 0.508. The molecule has 0 radical (unpaired) electrons. The van der Waals surface area contributed by atoms with E-state index in [0.717, 1.165) is 18.4 Å². The van der Waals surface area contributed by atoms with E-state index in [1.807, 2.05) is 12.1 Å². The van der Waals surface area contributed by atoms with E-state index in [1.165, 1.54) is 0 Å². The molecule has 0 spiro atoms. The van der Waals surface area contributed by atoms with Crippen LogP contribution in [0.5, 0.6) is 0 Å². The lowest BCUT2D eigenvalue weighted by Crippen LogP contribution is -2.40. The Hall–Kier alpha value is -0.660. The first-order chi connectivity index (χ1) is 9.97. The number of rotatable bonds is 5. The summed E-state index contributed by atoms with van der Waals surface area (Å²) in [5, 5.41) is 1.64. The summed E-state index contributed by atoms with van der Waals surface area (Å²) < 4.78 is 27.8. The van der Waals surface area contributed by atoms with Crippen LogP contribution >= 0.6 is 11.6 Å². The standard InChI is InChI=1S/C14H19ClN2O3S/c1-17-14(11-4-6-12(15)7-5-11)13(9-20-17)21(18,19)16-8-10-2-3-10/h4-7,10,13-14,16H,2-3,8-9H2,1H3/t13-,14-/m0/s1. The fourth-order valence-corrected chi connectivity index (χ4v) is 4.32. The largest absolute Gasteiger partial charge is 0.297 e. The monoisotopic (exact) mass is 330 g/mol. The summed E-state index contributed by atoms with van der Waals surface area (Å²) in [6.45, 7) is 0.708. The SMILES string of the molecule is CN1OC[C@H](S(=O)(=O)NCC2CC2)[C@@H]1c1ccc(Cl)cc1. The van der Waals surface area contributed by atoms with Crippen LogP contribution in [0, 0.1) is 5.92 Å². The van der Waals surface area contributed by atoms with Gasteiger partial charge in [0.05, 0.1) is 12.6 Å². The average Bonchev–Trinajstić information content (AvgIpc) is 3.19. The Labute approximate surface area is 130 Å². The van der Waals surface area contributed by atoms with Crippen molar-refractivity contribution in [2.24, 2.45) is 5.92 Å². The van der Waals surface area contributed by atoms with Crippen LogP contribution in [-0.4, -0.2) is 38.9 Å². The molecule has 2 aliphatic rings. The molecular formula is C14H19ClN2O3S. The van der Waals surface area contributed by atoms with Gasteiger partial charge in [-0.1, -0.05) is 23.7 Å². The van der Waals surface area contributed by atoms with Crippen LogP contribution < -0.4 is 4.72 Å². The highest BCUT2D eigenvalue weighted by Crippen LogP contribution is 2.34. The molecule has 7 heteroatoms. The van der Waals surface area contributed by atoms with Gasteiger partial charge >= 0.3 is 0 Å². The van der Waals surface area contributed by atoms with Crippen molar-refractivity contribution in [2.45, 2.75) is 24.1 Å². The molecule has 0 amide bonds. The predicted octanol–water partition coefficient (Wildman–Crippen LogP) is 1.96. The molecule has 1 N–H and O–H groups in total. The van der Waals surface area contributed by atoms with Gasteiger partial charge in [-0.2, -0.15) is 5.06 Å². The smallest absolute Gasteiger partial charge is 0.218 e. The van der Waals surface area contributed by atoms with Crippen LogP contribution in [0.2, 0.25) is 5.02 Å². The number of hydrogen-bond donors (Lipinski definition) is 1. The molecule has 0 unspecified atom stereocenters. The van der Waals surface area contributed by atoms with Crippen LogP contribution in [0.1, 0.15) is 24.4 Å². The second-order valence-electron chi connectivity index (χ2n) is 5.71. The summed E-state index contributed by atoms with van der Waals surface area (Å²) in [6.07, 6.45) is 2.23. The van der Waals surface area contributed by atoms with Gasteiger partial charge in [0.15, 0.2) is 0 Å². The molecule has 0 aromatic heterocycles. The molecule has 1 aliphatic heterocycles. The maximum absolute atomic E-state index is 12.5. The molecule has 116 valence electrons. The maximum atomic E-state index is 12.5. The van der Waals surface area contributed by atoms with E-state index in [-0.39, 0.29) is 12.6 Å². The quantitative estimate of drug-likeness (QED) is 0.896. The van der Waals surface area contributed by atoms with Crippen LogP contribution in [0.3, 0.4) is 0 Å². The first-order valence-electron chi connectivity index (χ1n) is 7.07. The minimum Gasteiger partial charge on any atom is -0.297 e. The van der Waals surface area contributed by atoms with Crippen molar-refractivity contribution in [3.63, 3.8) is 0 Å². The second kappa shape index (κ2) is 5.85. The fourth-order valence-electron chi connectivity index (χ4n) is 2.60. The zero-order valence-corrected chi connectivity index (χ0v) is 13.4. The molecule has 1 heterocycles. The number of nitrogens with zero attached hydrogens (tertiary/aromatic N) is 1. The van der Waals surface area contributed by atoms with Gasteiger partial charge in [0.2, 0.25) is 10.0 Å². The first-order valence-corrected chi connectivity index (χ1v) is 8.99. The lowest BCUT2D eigenvalue weighted by molar-refractivity contribution is -0.110. The highest BCUT2D eigenvalue weighted by molar-refractivity contribution is 7.90. The van der Waals surface area contributed by atoms with Crippen molar-refractivity contribution >= 4 is 21.6 Å². The Kier molecular flexibility index (Phi) is 4.25. The summed E-state index contributed by atoms with van der Waals surface area (Å²) in [7, 11) is -1.65. The molecule has 3 rings (SSSR count). The van der Waals surface area contributed by atoms with Gasteiger partial charge in [-0.05, 0) is 36.5 Å². The molecule has 5 nitrogen and oxygen atoms in total. The highest BCUT2D eigenvalue weighted by Gasteiger charge is 2.43. The zero-order valence-electron chi connectivity index (χ0n) is 11.8. The Balaban J connectivity index is 1.80. The number of benzene rings is 1. The molecule has 21 heavy (non-hydrogen) atoms. The summed E-state index contributed by atoms with van der Waals surface area (Å²) in [4.78, 5) is 5.45. The van der Waals surface area contributed by atoms with Crippen LogP contribution in [0.15, 0.2) is 24.3 Å². The fraction of sp³-hybridized carbons (Fsp3) is 0.571. The Morgan fingerprint density at radius 2 is 2.00 bits per heavy atom. The van der Waals surface area contributed by atoms with E-state index in [2.05, 4.69) is 4.72 Å². The highest BCUT2D eigenvalue weighted by atomic mass is 35.5. The van der Waals surface area contributed by atoms with Crippen LogP contribution in [-0.2, 0) is 14.9 Å². The minimum atomic E-state index is -3.41. The van der Waals surface area contributed by atoms with Crippen LogP contribution in [0.25, 0.3) is 0 Å². The lowest BCUT2D eigenvalue weighted by Gasteiger charge is -2.23. The molecule has 1 aromatic rings. The number of halogens is 1. The van der Waals surface area contributed by atoms with E-state index >= 15 is 0 Å². The van der Waals surface area contributed by atoms with Crippen molar-refractivity contribution in [2.75, 3.05) is 20.2 Å². The number of hydrogen-bond acceptors (Lipinski definition) is 4. The summed E-state index contributed by atoms with van der Waals surface area (Å²) in [5.41, 5.74) is 0.890. The topological polar surface area (TPSA) is 58.6 Å². The predicted molar refractivity (Wildman–Crippen MR) is 81.3 cm³/mol. The third-order valence-electron chi connectivity index (χ3n) is 4.07. The Morgan fingerprint density at radius 1 is 1.33 bits per heavy atom. The van der Waals surface area contributed by atoms with Gasteiger partial charge in [-0.15, -0.1) is 0 Å².